The fourth-order valence-electron chi connectivity index (χ4n) is 5.60. The highest BCUT2D eigenvalue weighted by Gasteiger charge is 2.43. The summed E-state index contributed by atoms with van der Waals surface area (Å²) in [4.78, 5) is 16.1. The molecule has 0 spiro atoms. The van der Waals surface area contributed by atoms with Crippen LogP contribution in [0.3, 0.4) is 0 Å². The molecule has 37 heavy (non-hydrogen) atoms. The maximum absolute atomic E-state index is 15.6. The van der Waals surface area contributed by atoms with E-state index in [2.05, 4.69) is 52.4 Å². The van der Waals surface area contributed by atoms with Crippen LogP contribution >= 0.6 is 11.6 Å². The van der Waals surface area contributed by atoms with Crippen LogP contribution in [0.2, 0.25) is 5.02 Å². The second-order valence-electron chi connectivity index (χ2n) is 11.0. The zero-order valence-electron chi connectivity index (χ0n) is 21.4. The van der Waals surface area contributed by atoms with Gasteiger partial charge in [-0.15, -0.1) is 0 Å². The summed E-state index contributed by atoms with van der Waals surface area (Å²) in [6.45, 7) is 10.9. The van der Waals surface area contributed by atoms with Crippen molar-refractivity contribution in [2.24, 2.45) is 0 Å². The number of halogens is 2. The predicted molar refractivity (Wildman–Crippen MR) is 138 cm³/mol. The third-order valence-corrected chi connectivity index (χ3v) is 8.05. The molecular formula is C26H32ClFN6O3. The summed E-state index contributed by atoms with van der Waals surface area (Å²) in [6.07, 6.45) is 1.60. The predicted octanol–water partition coefficient (Wildman–Crippen LogP) is 4.09. The van der Waals surface area contributed by atoms with Crippen LogP contribution in [0.1, 0.15) is 52.4 Å². The Labute approximate surface area is 220 Å². The number of hydrogen-bond donors (Lipinski definition) is 2. The Morgan fingerprint density at radius 1 is 1.24 bits per heavy atom. The molecule has 2 N–H and O–H groups in total. The molecule has 3 aliphatic rings. The zero-order valence-corrected chi connectivity index (χ0v) is 22.2. The van der Waals surface area contributed by atoms with Crippen molar-refractivity contribution >= 4 is 28.6 Å². The Bertz CT molecular complexity index is 1340. The van der Waals surface area contributed by atoms with Crippen molar-refractivity contribution in [1.29, 1.82) is 0 Å². The lowest BCUT2D eigenvalue weighted by atomic mass is 9.96. The Morgan fingerprint density at radius 2 is 2.03 bits per heavy atom. The van der Waals surface area contributed by atoms with Crippen LogP contribution in [0.15, 0.2) is 18.3 Å². The molecule has 5 heterocycles. The SMILES string of the molecule is CC(C)n1c(C(C)(C)N2CCC2)nc2c(F)cc(-c3nc(N[C@@H]4C[C@H]5CO[C@H](O5)[C@H]4O)ncc3Cl)cc21. The van der Waals surface area contributed by atoms with Gasteiger partial charge in [0.1, 0.15) is 17.4 Å². The molecule has 6 rings (SSSR count). The monoisotopic (exact) mass is 530 g/mol. The molecule has 4 atom stereocenters. The average Bonchev–Trinajstić information content (AvgIpc) is 3.40. The number of aliphatic hydroxyl groups excluding tert-OH is 1. The number of nitrogens with zero attached hydrogens (tertiary/aromatic N) is 5. The summed E-state index contributed by atoms with van der Waals surface area (Å²) in [5, 5.41) is 14.1. The zero-order chi connectivity index (χ0) is 26.1. The maximum atomic E-state index is 15.6. The Balaban J connectivity index is 1.39. The van der Waals surface area contributed by atoms with Crippen molar-refractivity contribution in [1.82, 2.24) is 24.4 Å². The van der Waals surface area contributed by atoms with E-state index in [0.717, 1.165) is 25.3 Å². The summed E-state index contributed by atoms with van der Waals surface area (Å²) in [7, 11) is 0. The van der Waals surface area contributed by atoms with Crippen molar-refractivity contribution in [3.05, 3.63) is 35.0 Å². The van der Waals surface area contributed by atoms with Crippen molar-refractivity contribution in [3.63, 3.8) is 0 Å². The van der Waals surface area contributed by atoms with Crippen molar-refractivity contribution in [3.8, 4) is 11.3 Å². The normalized spacial score (nSPS) is 26.2. The van der Waals surface area contributed by atoms with E-state index in [1.165, 1.54) is 12.3 Å². The minimum absolute atomic E-state index is 0.0703. The molecule has 0 aliphatic carbocycles. The van der Waals surface area contributed by atoms with E-state index >= 15 is 4.39 Å². The van der Waals surface area contributed by atoms with Crippen LogP contribution in [0.25, 0.3) is 22.3 Å². The standard InChI is InChI=1S/C26H32ClFN6O3/c1-13(2)34-19-9-14(8-17(28)21(19)31-24(34)26(3,4)33-6-5-7-33)20-16(27)11-29-25(32-20)30-18-10-15-12-36-23(37-15)22(18)35/h8-9,11,13,15,18,22-23,35H,5-7,10,12H2,1-4H3,(H,29,30,32)/t15-,18+,22-,23+/m0/s1. The van der Waals surface area contributed by atoms with Crippen molar-refractivity contribution in [2.45, 2.75) is 76.7 Å². The largest absolute Gasteiger partial charge is 0.386 e. The van der Waals surface area contributed by atoms with E-state index in [0.29, 0.717) is 46.3 Å². The number of benzene rings is 1. The van der Waals surface area contributed by atoms with Crippen LogP contribution in [0, 0.1) is 5.82 Å². The van der Waals surface area contributed by atoms with Gasteiger partial charge in [-0.3, -0.25) is 4.90 Å². The number of aromatic nitrogens is 4. The molecule has 2 bridgehead atoms. The molecule has 0 unspecified atom stereocenters. The summed E-state index contributed by atoms with van der Waals surface area (Å²) >= 11 is 6.52. The highest BCUT2D eigenvalue weighted by molar-refractivity contribution is 6.33. The van der Waals surface area contributed by atoms with Crippen molar-refractivity contribution < 1.29 is 19.0 Å². The smallest absolute Gasteiger partial charge is 0.223 e. The molecule has 1 aromatic carbocycles. The van der Waals surface area contributed by atoms with Crippen LogP contribution in [-0.4, -0.2) is 73.8 Å². The maximum Gasteiger partial charge on any atom is 0.223 e. The number of hydrogen-bond acceptors (Lipinski definition) is 8. The number of fused-ring (bicyclic) bond motifs is 3. The highest BCUT2D eigenvalue weighted by atomic mass is 35.5. The lowest BCUT2D eigenvalue weighted by Crippen LogP contribution is -2.51. The molecule has 0 saturated carbocycles. The summed E-state index contributed by atoms with van der Waals surface area (Å²) < 4.78 is 28.8. The first-order chi connectivity index (χ1) is 17.6. The molecule has 3 saturated heterocycles. The first-order valence-electron chi connectivity index (χ1n) is 12.8. The molecule has 2 aromatic heterocycles. The number of rotatable bonds is 6. The molecule has 3 aromatic rings. The minimum atomic E-state index is -0.858. The van der Waals surface area contributed by atoms with Gasteiger partial charge in [0.15, 0.2) is 12.1 Å². The second-order valence-corrected chi connectivity index (χ2v) is 11.4. The van der Waals surface area contributed by atoms with E-state index in [9.17, 15) is 5.11 Å². The number of ether oxygens (including phenoxy) is 2. The number of aliphatic hydroxyl groups is 1. The van der Waals surface area contributed by atoms with Gasteiger partial charge in [-0.2, -0.15) is 0 Å². The van der Waals surface area contributed by atoms with E-state index < -0.39 is 18.2 Å². The Hall–Kier alpha value is -2.37. The topological polar surface area (TPSA) is 97.6 Å². The molecular weight excluding hydrogens is 499 g/mol. The first-order valence-corrected chi connectivity index (χ1v) is 13.2. The number of nitrogens with one attached hydrogen (secondary N) is 1. The highest BCUT2D eigenvalue weighted by Crippen LogP contribution is 2.38. The molecule has 3 fully saturated rings. The third-order valence-electron chi connectivity index (χ3n) is 7.77. The van der Waals surface area contributed by atoms with Crippen LogP contribution in [0.4, 0.5) is 10.3 Å². The Kier molecular flexibility index (Phi) is 6.15. The van der Waals surface area contributed by atoms with Gasteiger partial charge in [0.2, 0.25) is 5.95 Å². The number of anilines is 1. The molecule has 198 valence electrons. The summed E-state index contributed by atoms with van der Waals surface area (Å²) in [6, 6.07) is 3.06. The van der Waals surface area contributed by atoms with Crippen LogP contribution in [0.5, 0.6) is 0 Å². The molecule has 0 amide bonds. The molecule has 3 aliphatic heterocycles. The quantitative estimate of drug-likeness (QED) is 0.492. The van der Waals surface area contributed by atoms with Gasteiger partial charge in [-0.25, -0.2) is 19.3 Å². The van der Waals surface area contributed by atoms with Crippen LogP contribution in [-0.2, 0) is 15.0 Å². The third kappa shape index (κ3) is 4.19. The van der Waals surface area contributed by atoms with Crippen LogP contribution < -0.4 is 5.32 Å². The lowest BCUT2D eigenvalue weighted by molar-refractivity contribution is -0.156. The second kappa shape index (κ2) is 9.13. The first kappa shape index (κ1) is 24.9. The van der Waals surface area contributed by atoms with E-state index in [-0.39, 0.29) is 23.7 Å². The summed E-state index contributed by atoms with van der Waals surface area (Å²) in [5.41, 5.74) is 1.65. The van der Waals surface area contributed by atoms with Gasteiger partial charge in [0, 0.05) is 24.7 Å². The fraction of sp³-hybridized carbons (Fsp3) is 0.577. The van der Waals surface area contributed by atoms with Gasteiger partial charge < -0.3 is 24.5 Å². The van der Waals surface area contributed by atoms with Gasteiger partial charge in [0.25, 0.3) is 0 Å². The lowest BCUT2D eigenvalue weighted by Gasteiger charge is -2.44. The average molecular weight is 531 g/mol. The van der Waals surface area contributed by atoms with Gasteiger partial charge in [-0.1, -0.05) is 11.6 Å². The van der Waals surface area contributed by atoms with E-state index in [1.54, 1.807) is 0 Å². The van der Waals surface area contributed by atoms with Gasteiger partial charge in [-0.05, 0) is 52.7 Å². The minimum Gasteiger partial charge on any atom is -0.386 e. The number of imidazole rings is 1. The van der Waals surface area contributed by atoms with E-state index in [4.69, 9.17) is 26.1 Å². The van der Waals surface area contributed by atoms with Crippen molar-refractivity contribution in [2.75, 3.05) is 25.0 Å². The molecule has 11 heteroatoms. The Morgan fingerprint density at radius 3 is 2.73 bits per heavy atom. The van der Waals surface area contributed by atoms with Gasteiger partial charge in [0.05, 0.1) is 46.7 Å². The van der Waals surface area contributed by atoms with E-state index in [1.807, 2.05) is 6.07 Å². The molecule has 0 radical (unpaired) electrons. The molecule has 9 nitrogen and oxygen atoms in total. The fourth-order valence-corrected chi connectivity index (χ4v) is 5.80. The van der Waals surface area contributed by atoms with Gasteiger partial charge >= 0.3 is 0 Å². The summed E-state index contributed by atoms with van der Waals surface area (Å²) in [5.74, 6) is 0.710. The number of likely N-dealkylation sites (tertiary alicyclic amines) is 1.